The minimum atomic E-state index is -3.76. The third kappa shape index (κ3) is 6.20. The van der Waals surface area contributed by atoms with Gasteiger partial charge in [0, 0.05) is 27.7 Å². The zero-order chi connectivity index (χ0) is 27.4. The van der Waals surface area contributed by atoms with E-state index in [9.17, 15) is 18.3 Å². The van der Waals surface area contributed by atoms with Crippen molar-refractivity contribution < 1.29 is 23.1 Å². The Morgan fingerprint density at radius 3 is 2.50 bits per heavy atom. The molecule has 2 aromatic heterocycles. The smallest absolute Gasteiger partial charge is 0.306 e. The van der Waals surface area contributed by atoms with E-state index in [4.69, 9.17) is 4.74 Å². The predicted octanol–water partition coefficient (Wildman–Crippen LogP) is 3.02. The number of pyridine rings is 1. The van der Waals surface area contributed by atoms with Gasteiger partial charge in [0.1, 0.15) is 11.4 Å². The SMILES string of the molecule is Cc1nc(-c2nnn(C)c2CN(C)S(=O)(=O)N(C)Cc2ccccc2)ccc1OC1CCC[C@H](C(=O)O)C1. The summed E-state index contributed by atoms with van der Waals surface area (Å²) in [6.07, 6.45) is 2.59. The van der Waals surface area contributed by atoms with E-state index in [1.165, 1.54) is 15.7 Å². The van der Waals surface area contributed by atoms with Crippen LogP contribution in [-0.2, 0) is 35.1 Å². The van der Waals surface area contributed by atoms with E-state index < -0.39 is 16.2 Å². The normalized spacial score (nSPS) is 18.2. The molecule has 11 nitrogen and oxygen atoms in total. The van der Waals surface area contributed by atoms with Crippen LogP contribution in [0.4, 0.5) is 0 Å². The molecule has 0 bridgehead atoms. The van der Waals surface area contributed by atoms with Crippen LogP contribution in [0.15, 0.2) is 42.5 Å². The molecule has 38 heavy (non-hydrogen) atoms. The maximum Gasteiger partial charge on any atom is 0.306 e. The number of carboxylic acid groups (broad SMARTS) is 1. The third-order valence-corrected chi connectivity index (χ3v) is 8.73. The molecular formula is C26H34N6O5S. The largest absolute Gasteiger partial charge is 0.489 e. The number of aliphatic carboxylic acids is 1. The maximum absolute atomic E-state index is 13.2. The molecule has 0 aliphatic heterocycles. The van der Waals surface area contributed by atoms with Crippen LogP contribution in [0, 0.1) is 12.8 Å². The summed E-state index contributed by atoms with van der Waals surface area (Å²) in [5.74, 6) is -0.571. The van der Waals surface area contributed by atoms with Crippen molar-refractivity contribution in [3.63, 3.8) is 0 Å². The highest BCUT2D eigenvalue weighted by atomic mass is 32.2. The summed E-state index contributed by atoms with van der Waals surface area (Å²) in [5, 5.41) is 17.7. The van der Waals surface area contributed by atoms with Gasteiger partial charge in [-0.25, -0.2) is 4.98 Å². The van der Waals surface area contributed by atoms with Gasteiger partial charge < -0.3 is 9.84 Å². The van der Waals surface area contributed by atoms with Crippen molar-refractivity contribution >= 4 is 16.2 Å². The van der Waals surface area contributed by atoms with Crippen molar-refractivity contribution in [2.45, 2.75) is 51.8 Å². The first kappa shape index (κ1) is 27.7. The van der Waals surface area contributed by atoms with Crippen molar-refractivity contribution in [2.24, 2.45) is 13.0 Å². The number of hydrogen-bond acceptors (Lipinski definition) is 7. The van der Waals surface area contributed by atoms with Crippen LogP contribution < -0.4 is 4.74 Å². The van der Waals surface area contributed by atoms with Crippen molar-refractivity contribution in [1.29, 1.82) is 0 Å². The molecule has 2 heterocycles. The minimum absolute atomic E-state index is 0.0535. The molecule has 0 radical (unpaired) electrons. The van der Waals surface area contributed by atoms with E-state index in [-0.39, 0.29) is 25.1 Å². The highest BCUT2D eigenvalue weighted by Gasteiger charge is 2.29. The van der Waals surface area contributed by atoms with Crippen molar-refractivity contribution in [2.75, 3.05) is 14.1 Å². The van der Waals surface area contributed by atoms with E-state index in [2.05, 4.69) is 15.3 Å². The van der Waals surface area contributed by atoms with Gasteiger partial charge in [-0.2, -0.15) is 17.0 Å². The molecule has 1 saturated carbocycles. The monoisotopic (exact) mass is 542 g/mol. The number of carboxylic acids is 1. The fraction of sp³-hybridized carbons (Fsp3) is 0.462. The number of ether oxygens (including phenoxy) is 1. The van der Waals surface area contributed by atoms with E-state index >= 15 is 0 Å². The Morgan fingerprint density at radius 1 is 1.11 bits per heavy atom. The molecule has 0 amide bonds. The molecule has 1 fully saturated rings. The molecule has 1 N–H and O–H groups in total. The fourth-order valence-electron chi connectivity index (χ4n) is 4.67. The topological polar surface area (TPSA) is 131 Å². The van der Waals surface area contributed by atoms with E-state index in [0.717, 1.165) is 18.4 Å². The summed E-state index contributed by atoms with van der Waals surface area (Å²) in [5.41, 5.74) is 3.16. The molecule has 3 aromatic rings. The molecule has 1 aliphatic carbocycles. The second-order valence-electron chi connectivity index (χ2n) is 9.74. The van der Waals surface area contributed by atoms with Gasteiger partial charge in [-0.15, -0.1) is 5.10 Å². The van der Waals surface area contributed by atoms with Gasteiger partial charge in [0.05, 0.1) is 35.6 Å². The Bertz CT molecular complexity index is 1380. The molecule has 4 rings (SSSR count). The van der Waals surface area contributed by atoms with Gasteiger partial charge in [-0.05, 0) is 50.3 Å². The number of hydrogen-bond donors (Lipinski definition) is 1. The van der Waals surface area contributed by atoms with Gasteiger partial charge in [0.2, 0.25) is 0 Å². The average Bonchev–Trinajstić information content (AvgIpc) is 3.25. The van der Waals surface area contributed by atoms with Crippen LogP contribution >= 0.6 is 0 Å². The number of benzene rings is 1. The van der Waals surface area contributed by atoms with Crippen LogP contribution in [-0.4, -0.2) is 68.3 Å². The standard InChI is InChI=1S/C26H34N6O5S/c1-18-24(37-21-12-8-11-20(15-21)26(33)34)14-13-22(27-18)25-23(32(4)29-28-25)17-31(3)38(35,36)30(2)16-19-9-6-5-7-10-19/h5-7,9-10,13-14,20-21H,8,11-12,15-17H2,1-4H3,(H,33,34)/t20-,21?/m0/s1. The van der Waals surface area contributed by atoms with Crippen LogP contribution in [0.1, 0.15) is 42.6 Å². The summed E-state index contributed by atoms with van der Waals surface area (Å²) >= 11 is 0. The first-order valence-corrected chi connectivity index (χ1v) is 13.9. The summed E-state index contributed by atoms with van der Waals surface area (Å²) in [6.45, 7) is 2.12. The number of nitrogens with zero attached hydrogens (tertiary/aromatic N) is 6. The predicted molar refractivity (Wildman–Crippen MR) is 141 cm³/mol. The number of carbonyl (C=O) groups is 1. The Hall–Kier alpha value is -3.35. The zero-order valence-corrected chi connectivity index (χ0v) is 22.9. The Kier molecular flexibility index (Phi) is 8.44. The van der Waals surface area contributed by atoms with E-state index in [1.807, 2.05) is 37.3 Å². The summed E-state index contributed by atoms with van der Waals surface area (Å²) in [7, 11) is 1.04. The van der Waals surface area contributed by atoms with Crippen LogP contribution in [0.5, 0.6) is 5.75 Å². The van der Waals surface area contributed by atoms with E-state index in [1.54, 1.807) is 30.9 Å². The van der Waals surface area contributed by atoms with Crippen LogP contribution in [0.25, 0.3) is 11.4 Å². The fourth-order valence-corrected chi connectivity index (χ4v) is 5.74. The van der Waals surface area contributed by atoms with Gasteiger partial charge in [0.25, 0.3) is 10.2 Å². The van der Waals surface area contributed by atoms with E-state index in [0.29, 0.717) is 41.4 Å². The van der Waals surface area contributed by atoms with Gasteiger partial charge >= 0.3 is 5.97 Å². The molecule has 1 unspecified atom stereocenters. The lowest BCUT2D eigenvalue weighted by molar-refractivity contribution is -0.143. The molecule has 1 aliphatic rings. The maximum atomic E-state index is 13.2. The van der Waals surface area contributed by atoms with Crippen LogP contribution in [0.2, 0.25) is 0 Å². The van der Waals surface area contributed by atoms with Gasteiger partial charge in [-0.3, -0.25) is 9.48 Å². The second-order valence-corrected chi connectivity index (χ2v) is 11.9. The second kappa shape index (κ2) is 11.6. The molecule has 12 heteroatoms. The number of rotatable bonds is 10. The highest BCUT2D eigenvalue weighted by Crippen LogP contribution is 2.31. The molecule has 0 spiro atoms. The number of aromatic nitrogens is 4. The lowest BCUT2D eigenvalue weighted by atomic mass is 9.87. The van der Waals surface area contributed by atoms with Crippen LogP contribution in [0.3, 0.4) is 0 Å². The first-order valence-electron chi connectivity index (χ1n) is 12.5. The summed E-state index contributed by atoms with van der Waals surface area (Å²) in [6, 6.07) is 13.0. The summed E-state index contributed by atoms with van der Waals surface area (Å²) < 4.78 is 36.7. The zero-order valence-electron chi connectivity index (χ0n) is 22.1. The molecule has 2 atom stereocenters. The lowest BCUT2D eigenvalue weighted by Crippen LogP contribution is -2.39. The van der Waals surface area contributed by atoms with Gasteiger partial charge in [0.15, 0.2) is 0 Å². The van der Waals surface area contributed by atoms with Crippen molar-refractivity contribution in [1.82, 2.24) is 28.6 Å². The minimum Gasteiger partial charge on any atom is -0.489 e. The Balaban J connectivity index is 1.49. The lowest BCUT2D eigenvalue weighted by Gasteiger charge is -2.27. The average molecular weight is 543 g/mol. The molecule has 1 aromatic carbocycles. The van der Waals surface area contributed by atoms with Crippen molar-refractivity contribution in [3.8, 4) is 17.1 Å². The molecular weight excluding hydrogens is 508 g/mol. The summed E-state index contributed by atoms with van der Waals surface area (Å²) in [4.78, 5) is 16.0. The Labute approximate surface area is 223 Å². The molecule has 0 saturated heterocycles. The van der Waals surface area contributed by atoms with Crippen molar-refractivity contribution in [3.05, 3.63) is 59.4 Å². The van der Waals surface area contributed by atoms with Gasteiger partial charge in [-0.1, -0.05) is 35.5 Å². The first-order chi connectivity index (χ1) is 18.1. The number of aryl methyl sites for hydroxylation is 2. The quantitative estimate of drug-likeness (QED) is 0.414. The third-order valence-electron chi connectivity index (χ3n) is 6.90. The highest BCUT2D eigenvalue weighted by molar-refractivity contribution is 7.86. The molecule has 204 valence electrons. The Morgan fingerprint density at radius 2 is 1.82 bits per heavy atom.